The van der Waals surface area contributed by atoms with Gasteiger partial charge in [-0.25, -0.2) is 0 Å². The van der Waals surface area contributed by atoms with Gasteiger partial charge in [0, 0.05) is 56.4 Å². The first-order valence-electron chi connectivity index (χ1n) is 20.2. The number of para-hydroxylation sites is 6. The number of furan rings is 1. The van der Waals surface area contributed by atoms with Gasteiger partial charge in [-0.1, -0.05) is 121 Å². The first-order valence-corrected chi connectivity index (χ1v) is 20.2. The first kappa shape index (κ1) is 33.3. The van der Waals surface area contributed by atoms with Crippen LogP contribution in [0.2, 0.25) is 0 Å². The predicted octanol–water partition coefficient (Wildman–Crippen LogP) is 15.2. The van der Waals surface area contributed by atoms with E-state index in [1.54, 1.807) is 0 Å². The molecule has 1 aliphatic rings. The van der Waals surface area contributed by atoms with E-state index in [1.807, 2.05) is 12.1 Å². The third kappa shape index (κ3) is 5.38. The maximum absolute atomic E-state index is 6.54. The van der Waals surface area contributed by atoms with Crippen LogP contribution in [-0.4, -0.2) is 4.57 Å². The predicted molar refractivity (Wildman–Crippen MR) is 246 cm³/mol. The average Bonchev–Trinajstić information content (AvgIpc) is 3.84. The molecule has 2 aromatic heterocycles. The molecule has 0 fully saturated rings. The Bertz CT molecular complexity index is 3350. The van der Waals surface area contributed by atoms with E-state index in [2.05, 4.69) is 215 Å². The number of benzene rings is 9. The molecule has 0 saturated carbocycles. The second-order valence-corrected chi connectivity index (χ2v) is 15.3. The van der Waals surface area contributed by atoms with Crippen molar-refractivity contribution < 1.29 is 4.42 Å². The molecule has 9 aromatic carbocycles. The third-order valence-electron chi connectivity index (χ3n) is 11.9. The summed E-state index contributed by atoms with van der Waals surface area (Å²) in [5.41, 5.74) is 17.1. The van der Waals surface area contributed by atoms with E-state index in [-0.39, 0.29) is 0 Å². The van der Waals surface area contributed by atoms with E-state index < -0.39 is 0 Å². The maximum atomic E-state index is 6.54. The zero-order chi connectivity index (χ0) is 38.9. The molecule has 0 radical (unpaired) electrons. The van der Waals surface area contributed by atoms with E-state index in [1.165, 1.54) is 61.1 Å². The van der Waals surface area contributed by atoms with Gasteiger partial charge in [-0.15, -0.1) is 0 Å². The highest BCUT2D eigenvalue weighted by Gasteiger charge is 2.27. The van der Waals surface area contributed by atoms with Crippen LogP contribution >= 0.6 is 0 Å². The molecule has 0 saturated heterocycles. The topological polar surface area (TPSA) is 24.6 Å². The number of anilines is 6. The van der Waals surface area contributed by atoms with Crippen molar-refractivity contribution in [3.05, 3.63) is 223 Å². The van der Waals surface area contributed by atoms with Gasteiger partial charge in [0.05, 0.1) is 22.4 Å². The Labute approximate surface area is 342 Å². The zero-order valence-electron chi connectivity index (χ0n) is 32.2. The SMILES string of the molecule is c1ccc(N2c3ccc(-c4ccc(N(c5ccccc5)c5cccc6c5oc5ccccc56)cc4)cc3Cc3cc4c(cc32)c2ccccc2n4-c2ccccc2)cc1. The Kier molecular flexibility index (Phi) is 7.57. The molecule has 278 valence electrons. The Balaban J connectivity index is 0.972. The molecular weight excluding hydrogens is 719 g/mol. The Hall–Kier alpha value is -7.82. The zero-order valence-corrected chi connectivity index (χ0v) is 32.2. The average molecular weight is 756 g/mol. The van der Waals surface area contributed by atoms with Gasteiger partial charge in [-0.05, 0) is 113 Å². The van der Waals surface area contributed by atoms with Crippen LogP contribution in [0.1, 0.15) is 11.1 Å². The molecule has 11 aromatic rings. The van der Waals surface area contributed by atoms with E-state index in [9.17, 15) is 0 Å². The molecule has 0 N–H and O–H groups in total. The normalized spacial score (nSPS) is 12.3. The van der Waals surface area contributed by atoms with Crippen LogP contribution < -0.4 is 9.80 Å². The van der Waals surface area contributed by atoms with Gasteiger partial charge in [-0.2, -0.15) is 0 Å². The molecule has 0 bridgehead atoms. The van der Waals surface area contributed by atoms with Crippen LogP contribution in [0.4, 0.5) is 34.1 Å². The van der Waals surface area contributed by atoms with E-state index in [0.717, 1.165) is 51.1 Å². The Morgan fingerprint density at radius 2 is 1.03 bits per heavy atom. The molecule has 4 heteroatoms. The quantitative estimate of drug-likeness (QED) is 0.169. The minimum Gasteiger partial charge on any atom is -0.454 e. The number of aromatic nitrogens is 1. The highest BCUT2D eigenvalue weighted by molar-refractivity contribution is 6.12. The lowest BCUT2D eigenvalue weighted by molar-refractivity contribution is 0.669. The van der Waals surface area contributed by atoms with Crippen molar-refractivity contribution in [1.29, 1.82) is 0 Å². The van der Waals surface area contributed by atoms with Crippen LogP contribution in [0, 0.1) is 0 Å². The summed E-state index contributed by atoms with van der Waals surface area (Å²) < 4.78 is 8.96. The Morgan fingerprint density at radius 3 is 1.83 bits per heavy atom. The lowest BCUT2D eigenvalue weighted by atomic mass is 9.91. The molecule has 0 atom stereocenters. The van der Waals surface area contributed by atoms with Crippen molar-refractivity contribution in [3.8, 4) is 16.8 Å². The van der Waals surface area contributed by atoms with Crippen molar-refractivity contribution in [2.75, 3.05) is 9.80 Å². The van der Waals surface area contributed by atoms with Crippen molar-refractivity contribution in [2.45, 2.75) is 6.42 Å². The van der Waals surface area contributed by atoms with Gasteiger partial charge in [0.15, 0.2) is 5.58 Å². The summed E-state index contributed by atoms with van der Waals surface area (Å²) >= 11 is 0. The molecule has 3 heterocycles. The second-order valence-electron chi connectivity index (χ2n) is 15.3. The van der Waals surface area contributed by atoms with E-state index in [4.69, 9.17) is 4.42 Å². The summed E-state index contributed by atoms with van der Waals surface area (Å²) in [5, 5.41) is 4.74. The van der Waals surface area contributed by atoms with Gasteiger partial charge in [0.25, 0.3) is 0 Å². The van der Waals surface area contributed by atoms with Crippen LogP contribution in [-0.2, 0) is 6.42 Å². The van der Waals surface area contributed by atoms with Gasteiger partial charge < -0.3 is 18.8 Å². The summed E-state index contributed by atoms with van der Waals surface area (Å²) in [6.45, 7) is 0. The maximum Gasteiger partial charge on any atom is 0.159 e. The number of hydrogen-bond donors (Lipinski definition) is 0. The van der Waals surface area contributed by atoms with Gasteiger partial charge in [-0.3, -0.25) is 0 Å². The molecule has 0 spiro atoms. The van der Waals surface area contributed by atoms with Crippen molar-refractivity contribution >= 4 is 77.9 Å². The minimum atomic E-state index is 0.829. The fourth-order valence-electron chi connectivity index (χ4n) is 9.28. The van der Waals surface area contributed by atoms with Gasteiger partial charge in [0.1, 0.15) is 5.58 Å². The molecule has 1 aliphatic heterocycles. The fraction of sp³-hybridized carbons (Fsp3) is 0.0182. The number of nitrogens with zero attached hydrogens (tertiary/aromatic N) is 3. The van der Waals surface area contributed by atoms with Crippen LogP contribution in [0.3, 0.4) is 0 Å². The van der Waals surface area contributed by atoms with Gasteiger partial charge in [0.2, 0.25) is 0 Å². The summed E-state index contributed by atoms with van der Waals surface area (Å²) in [7, 11) is 0. The molecule has 59 heavy (non-hydrogen) atoms. The highest BCUT2D eigenvalue weighted by atomic mass is 16.3. The third-order valence-corrected chi connectivity index (χ3v) is 11.9. The first-order chi connectivity index (χ1) is 29.3. The molecule has 4 nitrogen and oxygen atoms in total. The van der Waals surface area contributed by atoms with Crippen LogP contribution in [0.5, 0.6) is 0 Å². The largest absolute Gasteiger partial charge is 0.454 e. The summed E-state index contributed by atoms with van der Waals surface area (Å²) in [6, 6.07) is 76.3. The lowest BCUT2D eigenvalue weighted by Gasteiger charge is -2.34. The van der Waals surface area contributed by atoms with Gasteiger partial charge >= 0.3 is 0 Å². The summed E-state index contributed by atoms with van der Waals surface area (Å²) in [6.07, 6.45) is 0.829. The number of rotatable bonds is 6. The number of fused-ring (bicyclic) bond motifs is 8. The molecule has 0 aliphatic carbocycles. The minimum absolute atomic E-state index is 0.829. The lowest BCUT2D eigenvalue weighted by Crippen LogP contribution is -2.18. The monoisotopic (exact) mass is 755 g/mol. The van der Waals surface area contributed by atoms with E-state index in [0.29, 0.717) is 0 Å². The van der Waals surface area contributed by atoms with Crippen LogP contribution in [0.25, 0.3) is 60.6 Å². The standard InChI is InChI=1S/C55H37N3O/c1-4-15-41(16-5-1)56(51-25-14-23-47-46-22-11-13-26-54(46)59-55(47)51)44-30-27-37(28-31-44)38-29-32-49-39(33-38)34-40-35-53-48(36-52(40)57(49)42-17-6-2-7-18-42)45-21-10-12-24-50(45)58(53)43-19-8-3-9-20-43/h1-33,35-36H,34H2. The molecule has 0 amide bonds. The Morgan fingerprint density at radius 1 is 0.407 bits per heavy atom. The second kappa shape index (κ2) is 13.4. The fourth-order valence-corrected chi connectivity index (χ4v) is 9.28. The van der Waals surface area contributed by atoms with Crippen molar-refractivity contribution in [3.63, 3.8) is 0 Å². The number of hydrogen-bond acceptors (Lipinski definition) is 3. The summed E-state index contributed by atoms with van der Waals surface area (Å²) in [5.74, 6) is 0. The smallest absolute Gasteiger partial charge is 0.159 e. The molecule has 12 rings (SSSR count). The van der Waals surface area contributed by atoms with Crippen molar-refractivity contribution in [2.24, 2.45) is 0 Å². The summed E-state index contributed by atoms with van der Waals surface area (Å²) in [4.78, 5) is 4.75. The van der Waals surface area contributed by atoms with Crippen molar-refractivity contribution in [1.82, 2.24) is 4.57 Å². The highest BCUT2D eigenvalue weighted by Crippen LogP contribution is 2.48. The molecular formula is C55H37N3O. The van der Waals surface area contributed by atoms with Crippen LogP contribution in [0.15, 0.2) is 217 Å². The molecule has 0 unspecified atom stereocenters. The van der Waals surface area contributed by atoms with E-state index >= 15 is 0 Å².